The zero-order chi connectivity index (χ0) is 17.4. The molecule has 0 amide bonds. The summed E-state index contributed by atoms with van der Waals surface area (Å²) >= 11 is 6.32. The second-order valence-corrected chi connectivity index (χ2v) is 5.95. The highest BCUT2D eigenvalue weighted by Gasteiger charge is 2.28. The number of fused-ring (bicyclic) bond motifs is 1. The van der Waals surface area contributed by atoms with Gasteiger partial charge in [0.25, 0.3) is 0 Å². The minimum atomic E-state index is -1.06. The third kappa shape index (κ3) is 2.77. The Morgan fingerprint density at radius 1 is 1.12 bits per heavy atom. The van der Waals surface area contributed by atoms with Gasteiger partial charge in [0, 0.05) is 10.6 Å². The molecular weight excluding hydrogens is 340 g/mol. The Kier molecular flexibility index (Phi) is 3.74. The Morgan fingerprint density at radius 2 is 1.84 bits per heavy atom. The van der Waals surface area contributed by atoms with E-state index in [2.05, 4.69) is 15.4 Å². The quantitative estimate of drug-likeness (QED) is 0.753. The first-order valence-electron chi connectivity index (χ1n) is 7.62. The molecule has 0 unspecified atom stereocenters. The highest BCUT2D eigenvalue weighted by Crippen LogP contribution is 2.34. The first kappa shape index (κ1) is 15.4. The summed E-state index contributed by atoms with van der Waals surface area (Å²) in [5.74, 6) is -0.184. The summed E-state index contributed by atoms with van der Waals surface area (Å²) in [7, 11) is 0. The van der Waals surface area contributed by atoms with Crippen molar-refractivity contribution in [2.24, 2.45) is 0 Å². The minimum Gasteiger partial charge on any atom is -0.477 e. The van der Waals surface area contributed by atoms with Gasteiger partial charge < -0.3 is 10.4 Å². The fraction of sp³-hybridized carbons (Fsp3) is 0.0556. The maximum Gasteiger partial charge on any atom is 0.352 e. The van der Waals surface area contributed by atoms with E-state index in [-0.39, 0.29) is 5.70 Å². The number of aromatic nitrogens is 3. The van der Waals surface area contributed by atoms with Crippen LogP contribution in [0.15, 0.2) is 66.4 Å². The van der Waals surface area contributed by atoms with Crippen LogP contribution in [0.2, 0.25) is 5.02 Å². The van der Waals surface area contributed by atoms with Crippen LogP contribution in [0.4, 0.5) is 5.95 Å². The number of benzene rings is 2. The molecule has 3 aromatic rings. The predicted molar refractivity (Wildman–Crippen MR) is 94.4 cm³/mol. The predicted octanol–water partition coefficient (Wildman–Crippen LogP) is 3.58. The maximum atomic E-state index is 11.5. The Hall–Kier alpha value is -3.12. The van der Waals surface area contributed by atoms with Crippen LogP contribution >= 0.6 is 11.6 Å². The summed E-state index contributed by atoms with van der Waals surface area (Å²) in [5, 5.41) is 17.3. The molecule has 1 aromatic heterocycles. The van der Waals surface area contributed by atoms with E-state index in [9.17, 15) is 9.90 Å². The number of allylic oxidation sites excluding steroid dienone is 1. The normalized spacial score (nSPS) is 15.9. The van der Waals surface area contributed by atoms with Gasteiger partial charge in [0.2, 0.25) is 5.95 Å². The largest absolute Gasteiger partial charge is 0.477 e. The number of carboxylic acids is 1. The van der Waals surface area contributed by atoms with Crippen molar-refractivity contribution < 1.29 is 9.90 Å². The molecule has 2 heterocycles. The van der Waals surface area contributed by atoms with Gasteiger partial charge in [-0.3, -0.25) is 0 Å². The first-order valence-corrected chi connectivity index (χ1v) is 8.00. The van der Waals surface area contributed by atoms with Crippen molar-refractivity contribution >= 4 is 23.5 Å². The number of hydrogen-bond donors (Lipinski definition) is 2. The van der Waals surface area contributed by atoms with Gasteiger partial charge in [-0.1, -0.05) is 60.1 Å². The number of aliphatic carboxylic acids is 1. The molecule has 124 valence electrons. The lowest BCUT2D eigenvalue weighted by atomic mass is 10.0. The van der Waals surface area contributed by atoms with Gasteiger partial charge in [-0.25, -0.2) is 9.48 Å². The highest BCUT2D eigenvalue weighted by atomic mass is 35.5. The molecule has 2 N–H and O–H groups in total. The van der Waals surface area contributed by atoms with E-state index < -0.39 is 12.0 Å². The van der Waals surface area contributed by atoms with Gasteiger partial charge >= 0.3 is 5.97 Å². The van der Waals surface area contributed by atoms with Crippen LogP contribution in [0.1, 0.15) is 11.6 Å². The minimum absolute atomic E-state index is 0.0458. The molecule has 25 heavy (non-hydrogen) atoms. The van der Waals surface area contributed by atoms with Crippen molar-refractivity contribution in [3.63, 3.8) is 0 Å². The summed E-state index contributed by atoms with van der Waals surface area (Å²) in [4.78, 5) is 15.9. The van der Waals surface area contributed by atoms with Crippen molar-refractivity contribution in [1.29, 1.82) is 0 Å². The number of nitrogens with zero attached hydrogens (tertiary/aromatic N) is 3. The van der Waals surface area contributed by atoms with Crippen LogP contribution in [-0.2, 0) is 4.79 Å². The van der Waals surface area contributed by atoms with Crippen LogP contribution < -0.4 is 5.32 Å². The second-order valence-electron chi connectivity index (χ2n) is 5.55. The van der Waals surface area contributed by atoms with Crippen LogP contribution in [0.5, 0.6) is 0 Å². The summed E-state index contributed by atoms with van der Waals surface area (Å²) < 4.78 is 1.65. The van der Waals surface area contributed by atoms with Gasteiger partial charge in [0.15, 0.2) is 5.82 Å². The number of carboxylic acid groups (broad SMARTS) is 1. The maximum absolute atomic E-state index is 11.5. The van der Waals surface area contributed by atoms with Crippen molar-refractivity contribution in [3.8, 4) is 11.4 Å². The van der Waals surface area contributed by atoms with E-state index >= 15 is 0 Å². The van der Waals surface area contributed by atoms with Crippen molar-refractivity contribution in [2.45, 2.75) is 6.04 Å². The average molecular weight is 353 g/mol. The standard InChI is InChI=1S/C18H13ClN4O2/c19-13-9-5-4-8-12(13)15-10-14(17(24)25)20-18-21-16(22-23(15)18)11-6-2-1-3-7-11/h1-10,15H,(H,24,25)(H,20,21,22)/t15-/m0/s1. The fourth-order valence-electron chi connectivity index (χ4n) is 2.76. The topological polar surface area (TPSA) is 80.0 Å². The Labute approximate surface area is 148 Å². The zero-order valence-corrected chi connectivity index (χ0v) is 13.7. The van der Waals surface area contributed by atoms with Crippen LogP contribution in [0.3, 0.4) is 0 Å². The van der Waals surface area contributed by atoms with E-state index in [1.807, 2.05) is 48.5 Å². The van der Waals surface area contributed by atoms with E-state index in [0.717, 1.165) is 11.1 Å². The van der Waals surface area contributed by atoms with E-state index in [1.54, 1.807) is 16.8 Å². The number of nitrogens with one attached hydrogen (secondary N) is 1. The number of carbonyl (C=O) groups is 1. The molecule has 1 aliphatic rings. The van der Waals surface area contributed by atoms with E-state index in [0.29, 0.717) is 16.8 Å². The molecule has 2 aromatic carbocycles. The lowest BCUT2D eigenvalue weighted by Crippen LogP contribution is -2.24. The molecule has 4 rings (SSSR count). The molecule has 7 heteroatoms. The van der Waals surface area contributed by atoms with Crippen molar-refractivity contribution in [1.82, 2.24) is 14.8 Å². The Morgan fingerprint density at radius 3 is 2.56 bits per heavy atom. The molecule has 1 aliphatic heterocycles. The molecule has 0 fully saturated rings. The number of hydrogen-bond acceptors (Lipinski definition) is 4. The molecule has 0 bridgehead atoms. The number of halogens is 1. The van der Waals surface area contributed by atoms with Crippen LogP contribution in [0.25, 0.3) is 11.4 Å². The van der Waals surface area contributed by atoms with Gasteiger partial charge in [0.05, 0.1) is 0 Å². The Balaban J connectivity index is 1.86. The van der Waals surface area contributed by atoms with E-state index in [1.165, 1.54) is 0 Å². The summed E-state index contributed by atoms with van der Waals surface area (Å²) in [6.07, 6.45) is 1.58. The smallest absolute Gasteiger partial charge is 0.352 e. The molecular formula is C18H13ClN4O2. The molecule has 0 spiro atoms. The van der Waals surface area contributed by atoms with E-state index in [4.69, 9.17) is 11.6 Å². The molecule has 0 saturated heterocycles. The average Bonchev–Trinajstić information content (AvgIpc) is 3.06. The number of anilines is 1. The summed E-state index contributed by atoms with van der Waals surface area (Å²) in [6.45, 7) is 0. The van der Waals surface area contributed by atoms with Crippen molar-refractivity contribution in [2.75, 3.05) is 5.32 Å². The molecule has 1 atom stereocenters. The molecule has 6 nitrogen and oxygen atoms in total. The van der Waals surface area contributed by atoms with Gasteiger partial charge in [-0.05, 0) is 17.7 Å². The summed E-state index contributed by atoms with van der Waals surface area (Å²) in [5.41, 5.74) is 1.65. The van der Waals surface area contributed by atoms with Crippen LogP contribution in [0, 0.1) is 0 Å². The monoisotopic (exact) mass is 352 g/mol. The third-order valence-electron chi connectivity index (χ3n) is 3.95. The van der Waals surface area contributed by atoms with Gasteiger partial charge in [-0.2, -0.15) is 4.98 Å². The number of rotatable bonds is 3. The summed E-state index contributed by atoms with van der Waals surface area (Å²) in [6, 6.07) is 16.3. The lowest BCUT2D eigenvalue weighted by Gasteiger charge is -2.23. The first-order chi connectivity index (χ1) is 12.1. The zero-order valence-electron chi connectivity index (χ0n) is 12.9. The molecule has 0 saturated carbocycles. The highest BCUT2D eigenvalue weighted by molar-refractivity contribution is 6.31. The van der Waals surface area contributed by atoms with Gasteiger partial charge in [0.1, 0.15) is 11.7 Å². The molecule has 0 radical (unpaired) electrons. The lowest BCUT2D eigenvalue weighted by molar-refractivity contribution is -0.132. The van der Waals surface area contributed by atoms with Crippen LogP contribution in [-0.4, -0.2) is 25.8 Å². The van der Waals surface area contributed by atoms with Gasteiger partial charge in [-0.15, -0.1) is 5.10 Å². The fourth-order valence-corrected chi connectivity index (χ4v) is 3.01. The SMILES string of the molecule is O=C(O)C1=C[C@@H](c2ccccc2Cl)n2nc(-c3ccccc3)nc2N1. The molecule has 0 aliphatic carbocycles. The van der Waals surface area contributed by atoms with Crippen molar-refractivity contribution in [3.05, 3.63) is 77.0 Å². The second kappa shape index (κ2) is 6.07. The Bertz CT molecular complexity index is 982. The third-order valence-corrected chi connectivity index (χ3v) is 4.30.